The van der Waals surface area contributed by atoms with Crippen LogP contribution in [-0.2, 0) is 0 Å². The van der Waals surface area contributed by atoms with Crippen LogP contribution in [-0.4, -0.2) is 34.5 Å². The molecule has 1 heterocycles. The Hall–Kier alpha value is -1.92. The summed E-state index contributed by atoms with van der Waals surface area (Å²) in [7, 11) is 1.69. The normalized spacial score (nSPS) is 10.9. The van der Waals surface area contributed by atoms with Crippen molar-refractivity contribution in [3.8, 4) is 0 Å². The van der Waals surface area contributed by atoms with Gasteiger partial charge in [0.05, 0.1) is 4.92 Å². The van der Waals surface area contributed by atoms with Crippen LogP contribution in [0.2, 0.25) is 0 Å². The van der Waals surface area contributed by atoms with Crippen molar-refractivity contribution in [2.75, 3.05) is 23.8 Å². The van der Waals surface area contributed by atoms with Crippen molar-refractivity contribution in [2.45, 2.75) is 33.7 Å². The molecule has 1 rings (SSSR count). The molecule has 0 bridgehead atoms. The van der Waals surface area contributed by atoms with Crippen LogP contribution in [0, 0.1) is 16.0 Å². The number of nitro groups is 1. The highest BCUT2D eigenvalue weighted by Crippen LogP contribution is 2.28. The first-order chi connectivity index (χ1) is 8.86. The summed E-state index contributed by atoms with van der Waals surface area (Å²) in [5.74, 6) is 1.14. The van der Waals surface area contributed by atoms with Crippen molar-refractivity contribution < 1.29 is 4.92 Å². The van der Waals surface area contributed by atoms with Gasteiger partial charge in [-0.1, -0.05) is 13.8 Å². The zero-order valence-corrected chi connectivity index (χ0v) is 12.0. The number of nitrogens with one attached hydrogen (secondary N) is 1. The molecule has 0 aliphatic heterocycles. The van der Waals surface area contributed by atoms with Crippen LogP contribution < -0.4 is 10.2 Å². The minimum atomic E-state index is -0.440. The van der Waals surface area contributed by atoms with Gasteiger partial charge in [0, 0.05) is 19.6 Å². The molecule has 7 heteroatoms. The topological polar surface area (TPSA) is 84.2 Å². The van der Waals surface area contributed by atoms with E-state index < -0.39 is 4.92 Å². The third kappa shape index (κ3) is 3.77. The smallest absolute Gasteiger partial charge is 0.329 e. The SMILES string of the molecule is CNc1ncc([N+](=O)[O-])c(N(CC(C)C)C(C)C)n1. The fourth-order valence-corrected chi connectivity index (χ4v) is 1.76. The molecule has 0 saturated carbocycles. The minimum Gasteiger partial charge on any atom is -0.357 e. The molecule has 0 radical (unpaired) electrons. The first-order valence-corrected chi connectivity index (χ1v) is 6.32. The highest BCUT2D eigenvalue weighted by atomic mass is 16.6. The van der Waals surface area contributed by atoms with Crippen LogP contribution in [0.5, 0.6) is 0 Å². The third-order valence-electron chi connectivity index (χ3n) is 2.63. The van der Waals surface area contributed by atoms with Gasteiger partial charge in [-0.15, -0.1) is 0 Å². The van der Waals surface area contributed by atoms with E-state index in [0.717, 1.165) is 0 Å². The highest BCUT2D eigenvalue weighted by Gasteiger charge is 2.25. The summed E-state index contributed by atoms with van der Waals surface area (Å²) in [4.78, 5) is 20.8. The molecule has 0 atom stereocenters. The molecule has 0 aliphatic rings. The molecule has 0 saturated heterocycles. The molecular weight excluding hydrogens is 246 g/mol. The van der Waals surface area contributed by atoms with Gasteiger partial charge < -0.3 is 10.2 Å². The number of aromatic nitrogens is 2. The molecule has 0 unspecified atom stereocenters. The molecule has 1 N–H and O–H groups in total. The average molecular weight is 267 g/mol. The number of hydrogen-bond acceptors (Lipinski definition) is 6. The standard InChI is InChI=1S/C12H21N5O2/c1-8(2)7-16(9(3)4)11-10(17(18)19)6-14-12(13-5)15-11/h6,8-9H,7H2,1-5H3,(H,13,14,15). The summed E-state index contributed by atoms with van der Waals surface area (Å²) >= 11 is 0. The monoisotopic (exact) mass is 267 g/mol. The Bertz CT molecular complexity index is 448. The highest BCUT2D eigenvalue weighted by molar-refractivity contribution is 5.59. The lowest BCUT2D eigenvalue weighted by molar-refractivity contribution is -0.384. The maximum Gasteiger partial charge on any atom is 0.329 e. The van der Waals surface area contributed by atoms with E-state index in [0.29, 0.717) is 24.2 Å². The van der Waals surface area contributed by atoms with Gasteiger partial charge in [-0.05, 0) is 19.8 Å². The van der Waals surface area contributed by atoms with Crippen LogP contribution in [0.15, 0.2) is 6.20 Å². The first kappa shape index (κ1) is 15.1. The molecule has 0 amide bonds. The molecule has 0 spiro atoms. The predicted molar refractivity (Wildman–Crippen MR) is 75.6 cm³/mol. The summed E-state index contributed by atoms with van der Waals surface area (Å²) in [6.07, 6.45) is 1.25. The largest absolute Gasteiger partial charge is 0.357 e. The molecule has 106 valence electrons. The number of rotatable bonds is 6. The third-order valence-corrected chi connectivity index (χ3v) is 2.63. The summed E-state index contributed by atoms with van der Waals surface area (Å²) in [6, 6.07) is 0.126. The van der Waals surface area contributed by atoms with E-state index in [2.05, 4.69) is 29.1 Å². The van der Waals surface area contributed by atoms with Gasteiger partial charge in [0.2, 0.25) is 11.8 Å². The van der Waals surface area contributed by atoms with E-state index in [1.807, 2.05) is 18.7 Å². The second kappa shape index (κ2) is 6.31. The van der Waals surface area contributed by atoms with Crippen LogP contribution >= 0.6 is 0 Å². The van der Waals surface area contributed by atoms with Crippen molar-refractivity contribution in [1.82, 2.24) is 9.97 Å². The van der Waals surface area contributed by atoms with Gasteiger partial charge in [0.25, 0.3) is 0 Å². The van der Waals surface area contributed by atoms with Crippen LogP contribution in [0.25, 0.3) is 0 Å². The molecule has 1 aromatic rings. The fourth-order valence-electron chi connectivity index (χ4n) is 1.76. The molecule has 0 aromatic carbocycles. The van der Waals surface area contributed by atoms with E-state index in [9.17, 15) is 10.1 Å². The van der Waals surface area contributed by atoms with Crippen molar-refractivity contribution >= 4 is 17.5 Å². The Labute approximate surface area is 113 Å². The van der Waals surface area contributed by atoms with E-state index in [-0.39, 0.29) is 11.7 Å². The molecule has 7 nitrogen and oxygen atoms in total. The predicted octanol–water partition coefficient (Wildman–Crippen LogP) is 2.30. The second-order valence-electron chi connectivity index (χ2n) is 5.05. The van der Waals surface area contributed by atoms with E-state index in [1.165, 1.54) is 6.20 Å². The summed E-state index contributed by atoms with van der Waals surface area (Å²) in [6.45, 7) is 8.84. The number of hydrogen-bond donors (Lipinski definition) is 1. The summed E-state index contributed by atoms with van der Waals surface area (Å²) in [5, 5.41) is 13.9. The van der Waals surface area contributed by atoms with Crippen molar-refractivity contribution in [3.05, 3.63) is 16.3 Å². The van der Waals surface area contributed by atoms with Crippen LogP contribution in [0.1, 0.15) is 27.7 Å². The number of anilines is 2. The quantitative estimate of drug-likeness (QED) is 0.629. The zero-order chi connectivity index (χ0) is 14.6. The van der Waals surface area contributed by atoms with Crippen LogP contribution in [0.3, 0.4) is 0 Å². The molecule has 1 aromatic heterocycles. The van der Waals surface area contributed by atoms with Crippen molar-refractivity contribution in [1.29, 1.82) is 0 Å². The van der Waals surface area contributed by atoms with Gasteiger partial charge >= 0.3 is 5.69 Å². The average Bonchev–Trinajstić information content (AvgIpc) is 2.34. The lowest BCUT2D eigenvalue weighted by Crippen LogP contribution is -2.35. The lowest BCUT2D eigenvalue weighted by atomic mass is 10.1. The first-order valence-electron chi connectivity index (χ1n) is 6.32. The fraction of sp³-hybridized carbons (Fsp3) is 0.667. The van der Waals surface area contributed by atoms with E-state index >= 15 is 0 Å². The second-order valence-corrected chi connectivity index (χ2v) is 5.05. The minimum absolute atomic E-state index is 0.0617. The van der Waals surface area contributed by atoms with E-state index in [1.54, 1.807) is 7.05 Å². The lowest BCUT2D eigenvalue weighted by Gasteiger charge is -2.29. The Morgan fingerprint density at radius 2 is 2.05 bits per heavy atom. The maximum atomic E-state index is 11.1. The molecule has 0 aliphatic carbocycles. The Morgan fingerprint density at radius 3 is 2.47 bits per heavy atom. The van der Waals surface area contributed by atoms with Gasteiger partial charge in [-0.3, -0.25) is 10.1 Å². The Balaban J connectivity index is 3.28. The molecular formula is C12H21N5O2. The molecule has 19 heavy (non-hydrogen) atoms. The summed E-state index contributed by atoms with van der Waals surface area (Å²) < 4.78 is 0. The molecule has 0 fully saturated rings. The Kier molecular flexibility index (Phi) is 5.02. The maximum absolute atomic E-state index is 11.1. The van der Waals surface area contributed by atoms with Crippen molar-refractivity contribution in [3.63, 3.8) is 0 Å². The zero-order valence-electron chi connectivity index (χ0n) is 12.0. The number of nitrogens with zero attached hydrogens (tertiary/aromatic N) is 4. The van der Waals surface area contributed by atoms with Crippen molar-refractivity contribution in [2.24, 2.45) is 5.92 Å². The Morgan fingerprint density at radius 1 is 1.42 bits per heavy atom. The van der Waals surface area contributed by atoms with Gasteiger partial charge in [0.1, 0.15) is 6.20 Å². The van der Waals surface area contributed by atoms with Crippen LogP contribution in [0.4, 0.5) is 17.5 Å². The summed E-state index contributed by atoms with van der Waals surface area (Å²) in [5.41, 5.74) is -0.0617. The van der Waals surface area contributed by atoms with Gasteiger partial charge in [-0.2, -0.15) is 4.98 Å². The van der Waals surface area contributed by atoms with Gasteiger partial charge in [0.15, 0.2) is 0 Å². The van der Waals surface area contributed by atoms with Gasteiger partial charge in [-0.25, -0.2) is 4.98 Å². The van der Waals surface area contributed by atoms with E-state index in [4.69, 9.17) is 0 Å².